The van der Waals surface area contributed by atoms with Crippen molar-refractivity contribution in [2.45, 2.75) is 26.2 Å². The highest BCUT2D eigenvalue weighted by atomic mass is 32.1. The van der Waals surface area contributed by atoms with Gasteiger partial charge in [-0.25, -0.2) is 0 Å². The largest absolute Gasteiger partial charge is 0.294 e. The molecular weight excluding hydrogens is 216 g/mol. The molecule has 2 bridgehead atoms. The van der Waals surface area contributed by atoms with E-state index in [1.807, 2.05) is 6.07 Å². The van der Waals surface area contributed by atoms with Gasteiger partial charge in [0.1, 0.15) is 0 Å². The van der Waals surface area contributed by atoms with E-state index in [9.17, 15) is 4.79 Å². The van der Waals surface area contributed by atoms with Gasteiger partial charge < -0.3 is 0 Å². The first-order valence-electron chi connectivity index (χ1n) is 6.35. The standard InChI is InChI=1S/C14H16OS/c1-7-10(4-5-16-7)14(15)13-11-8-2-3-9(6-8)12(11)13/h4-5,8-9,11-13H,2-3,6H2,1H3. The summed E-state index contributed by atoms with van der Waals surface area (Å²) in [5.74, 6) is 4.26. The van der Waals surface area contributed by atoms with E-state index in [1.54, 1.807) is 11.3 Å². The SMILES string of the molecule is Cc1sccc1C(=O)C1C2C3CCC(C3)C12. The van der Waals surface area contributed by atoms with Gasteiger partial charge >= 0.3 is 0 Å². The van der Waals surface area contributed by atoms with Crippen molar-refractivity contribution in [3.63, 3.8) is 0 Å². The molecule has 1 heterocycles. The van der Waals surface area contributed by atoms with Crippen LogP contribution in [0.25, 0.3) is 0 Å². The summed E-state index contributed by atoms with van der Waals surface area (Å²) >= 11 is 1.70. The number of carbonyl (C=O) groups is 1. The molecule has 84 valence electrons. The van der Waals surface area contributed by atoms with Crippen LogP contribution in [0.2, 0.25) is 0 Å². The summed E-state index contributed by atoms with van der Waals surface area (Å²) in [4.78, 5) is 13.6. The Morgan fingerprint density at radius 3 is 2.56 bits per heavy atom. The van der Waals surface area contributed by atoms with Crippen LogP contribution in [0.15, 0.2) is 11.4 Å². The first-order valence-corrected chi connectivity index (χ1v) is 7.23. The Morgan fingerprint density at radius 1 is 1.31 bits per heavy atom. The van der Waals surface area contributed by atoms with E-state index in [2.05, 4.69) is 12.3 Å². The summed E-state index contributed by atoms with van der Waals surface area (Å²) in [5, 5.41) is 2.05. The van der Waals surface area contributed by atoms with Crippen LogP contribution in [0.1, 0.15) is 34.5 Å². The van der Waals surface area contributed by atoms with Gasteiger partial charge in [-0.15, -0.1) is 11.3 Å². The lowest BCUT2D eigenvalue weighted by molar-refractivity contribution is 0.0944. The van der Waals surface area contributed by atoms with Crippen LogP contribution < -0.4 is 0 Å². The monoisotopic (exact) mass is 232 g/mol. The van der Waals surface area contributed by atoms with Gasteiger partial charge in [0.25, 0.3) is 0 Å². The van der Waals surface area contributed by atoms with E-state index >= 15 is 0 Å². The topological polar surface area (TPSA) is 17.1 Å². The molecule has 1 aromatic heterocycles. The molecule has 2 heteroatoms. The molecule has 0 aliphatic heterocycles. The van der Waals surface area contributed by atoms with E-state index in [-0.39, 0.29) is 0 Å². The Balaban J connectivity index is 1.62. The van der Waals surface area contributed by atoms with Gasteiger partial charge in [0, 0.05) is 16.4 Å². The minimum Gasteiger partial charge on any atom is -0.294 e. The highest BCUT2D eigenvalue weighted by molar-refractivity contribution is 7.10. The van der Waals surface area contributed by atoms with Gasteiger partial charge in [0.15, 0.2) is 5.78 Å². The van der Waals surface area contributed by atoms with Gasteiger partial charge in [0.2, 0.25) is 0 Å². The molecule has 0 aromatic carbocycles. The van der Waals surface area contributed by atoms with E-state index in [0.717, 1.165) is 29.2 Å². The van der Waals surface area contributed by atoms with Crippen molar-refractivity contribution in [3.8, 4) is 0 Å². The average Bonchev–Trinajstić information content (AvgIpc) is 2.67. The molecule has 3 aliphatic carbocycles. The van der Waals surface area contributed by atoms with Gasteiger partial charge in [-0.3, -0.25) is 4.79 Å². The number of Topliss-reactive ketones (excluding diaryl/α,β-unsaturated/α-hetero) is 1. The van der Waals surface area contributed by atoms with Crippen LogP contribution in [0.4, 0.5) is 0 Å². The summed E-state index contributed by atoms with van der Waals surface area (Å²) in [5.41, 5.74) is 1.02. The fourth-order valence-corrected chi connectivity index (χ4v) is 5.20. The highest BCUT2D eigenvalue weighted by Gasteiger charge is 2.67. The Hall–Kier alpha value is -0.630. The summed E-state index contributed by atoms with van der Waals surface area (Å²) < 4.78 is 0. The molecule has 4 rings (SSSR count). The van der Waals surface area contributed by atoms with Crippen molar-refractivity contribution in [2.75, 3.05) is 0 Å². The third-order valence-electron chi connectivity index (χ3n) is 5.16. The molecule has 4 unspecified atom stereocenters. The Bertz CT molecular complexity index is 445. The minimum atomic E-state index is 0.416. The van der Waals surface area contributed by atoms with Gasteiger partial charge in [-0.1, -0.05) is 0 Å². The maximum atomic E-state index is 12.4. The zero-order valence-corrected chi connectivity index (χ0v) is 10.3. The third kappa shape index (κ3) is 1.04. The van der Waals surface area contributed by atoms with Crippen LogP contribution in [0.3, 0.4) is 0 Å². The van der Waals surface area contributed by atoms with Gasteiger partial charge in [-0.2, -0.15) is 0 Å². The number of ketones is 1. The Kier molecular flexibility index (Phi) is 1.75. The van der Waals surface area contributed by atoms with Crippen LogP contribution in [-0.4, -0.2) is 5.78 Å². The molecule has 1 aromatic rings. The number of carbonyl (C=O) groups excluding carboxylic acids is 1. The predicted octanol–water partition coefficient (Wildman–Crippen LogP) is 3.53. The average molecular weight is 232 g/mol. The van der Waals surface area contributed by atoms with E-state index < -0.39 is 0 Å². The van der Waals surface area contributed by atoms with Crippen molar-refractivity contribution < 1.29 is 4.79 Å². The summed E-state index contributed by atoms with van der Waals surface area (Å²) in [6.07, 6.45) is 4.23. The summed E-state index contributed by atoms with van der Waals surface area (Å²) in [7, 11) is 0. The molecule has 3 aliphatic rings. The minimum absolute atomic E-state index is 0.416. The number of hydrogen-bond acceptors (Lipinski definition) is 2. The zero-order chi connectivity index (χ0) is 10.9. The molecule has 0 saturated heterocycles. The molecule has 3 saturated carbocycles. The lowest BCUT2D eigenvalue weighted by Crippen LogP contribution is -2.10. The third-order valence-corrected chi connectivity index (χ3v) is 6.01. The van der Waals surface area contributed by atoms with Crippen molar-refractivity contribution in [3.05, 3.63) is 21.9 Å². The number of fused-ring (bicyclic) bond motifs is 5. The molecule has 0 radical (unpaired) electrons. The molecule has 0 N–H and O–H groups in total. The molecular formula is C14H16OS. The second kappa shape index (κ2) is 2.98. The highest BCUT2D eigenvalue weighted by Crippen LogP contribution is 2.70. The van der Waals surface area contributed by atoms with Crippen LogP contribution >= 0.6 is 11.3 Å². The molecule has 0 spiro atoms. The van der Waals surface area contributed by atoms with E-state index in [4.69, 9.17) is 0 Å². The van der Waals surface area contributed by atoms with Crippen molar-refractivity contribution in [1.82, 2.24) is 0 Å². The zero-order valence-electron chi connectivity index (χ0n) is 9.48. The fourth-order valence-electron chi connectivity index (χ4n) is 4.50. The summed E-state index contributed by atoms with van der Waals surface area (Å²) in [6.45, 7) is 2.07. The number of hydrogen-bond donors (Lipinski definition) is 0. The maximum Gasteiger partial charge on any atom is 0.167 e. The quantitative estimate of drug-likeness (QED) is 0.713. The fraction of sp³-hybridized carbons (Fsp3) is 0.643. The molecule has 1 nitrogen and oxygen atoms in total. The van der Waals surface area contributed by atoms with E-state index in [0.29, 0.717) is 11.7 Å². The Labute approximate surface area is 99.9 Å². The van der Waals surface area contributed by atoms with Crippen LogP contribution in [-0.2, 0) is 0 Å². The predicted molar refractivity (Wildman–Crippen MR) is 64.7 cm³/mol. The van der Waals surface area contributed by atoms with Crippen molar-refractivity contribution >= 4 is 17.1 Å². The smallest absolute Gasteiger partial charge is 0.167 e. The number of rotatable bonds is 2. The summed E-state index contributed by atoms with van der Waals surface area (Å²) in [6, 6.07) is 2.03. The first kappa shape index (κ1) is 9.41. The lowest BCUT2D eigenvalue weighted by atomic mass is 9.97. The molecule has 3 fully saturated rings. The normalized spacial score (nSPS) is 43.4. The van der Waals surface area contributed by atoms with Crippen molar-refractivity contribution in [2.24, 2.45) is 29.6 Å². The van der Waals surface area contributed by atoms with Crippen LogP contribution in [0.5, 0.6) is 0 Å². The second-order valence-corrected chi connectivity index (χ2v) is 6.89. The molecule has 16 heavy (non-hydrogen) atoms. The van der Waals surface area contributed by atoms with Crippen LogP contribution in [0, 0.1) is 36.5 Å². The number of aryl methyl sites for hydroxylation is 1. The second-order valence-electron chi connectivity index (χ2n) is 5.77. The first-order chi connectivity index (χ1) is 7.77. The maximum absolute atomic E-state index is 12.4. The van der Waals surface area contributed by atoms with Gasteiger partial charge in [-0.05, 0) is 61.3 Å². The Morgan fingerprint density at radius 2 is 2.00 bits per heavy atom. The lowest BCUT2D eigenvalue weighted by Gasteiger charge is -2.07. The number of thiophene rings is 1. The van der Waals surface area contributed by atoms with E-state index in [1.165, 1.54) is 24.1 Å². The molecule has 4 atom stereocenters. The van der Waals surface area contributed by atoms with Crippen molar-refractivity contribution in [1.29, 1.82) is 0 Å². The molecule has 0 amide bonds. The van der Waals surface area contributed by atoms with Gasteiger partial charge in [0.05, 0.1) is 0 Å².